The van der Waals surface area contributed by atoms with Gasteiger partial charge in [0, 0.05) is 5.73 Å². The van der Waals surface area contributed by atoms with Crippen LogP contribution in [0.2, 0.25) is 38.3 Å². The zero-order chi connectivity index (χ0) is 11.6. The van der Waals surface area contributed by atoms with Crippen LogP contribution in [-0.4, -0.2) is 22.1 Å². The Morgan fingerprint density at radius 3 is 1.64 bits per heavy atom. The van der Waals surface area contributed by atoms with Crippen molar-refractivity contribution in [2.75, 3.05) is 0 Å². The first-order valence-corrected chi connectivity index (χ1v) is 12.4. The molecular formula is C11H28OSi2. The second-order valence-corrected chi connectivity index (χ2v) is 16.1. The lowest BCUT2D eigenvalue weighted by atomic mass is 10.5. The van der Waals surface area contributed by atoms with Gasteiger partial charge in [0.25, 0.3) is 0 Å². The molecule has 0 aliphatic rings. The Morgan fingerprint density at radius 1 is 1.00 bits per heavy atom. The molecule has 0 aliphatic carbocycles. The average molecular weight is 233 g/mol. The van der Waals surface area contributed by atoms with Gasteiger partial charge in [-0.3, -0.25) is 0 Å². The van der Waals surface area contributed by atoms with E-state index in [1.165, 1.54) is 6.42 Å². The van der Waals surface area contributed by atoms with E-state index in [0.29, 0.717) is 11.3 Å². The molecule has 0 amide bonds. The lowest BCUT2D eigenvalue weighted by Crippen LogP contribution is -2.48. The van der Waals surface area contributed by atoms with Gasteiger partial charge in [0.1, 0.15) is 0 Å². The third kappa shape index (κ3) is 4.28. The van der Waals surface area contributed by atoms with Gasteiger partial charge in [0.15, 0.2) is 8.32 Å². The molecule has 0 N–H and O–H groups in total. The Hall–Kier alpha value is 0.394. The van der Waals surface area contributed by atoms with Crippen LogP contribution in [0.3, 0.4) is 0 Å². The van der Waals surface area contributed by atoms with Gasteiger partial charge in [-0.25, -0.2) is 0 Å². The molecule has 1 atom stereocenters. The second kappa shape index (κ2) is 4.95. The Kier molecular flexibility index (Phi) is 5.09. The quantitative estimate of drug-likeness (QED) is 0.643. The van der Waals surface area contributed by atoms with Crippen molar-refractivity contribution in [2.24, 2.45) is 0 Å². The van der Waals surface area contributed by atoms with Crippen LogP contribution in [0.4, 0.5) is 0 Å². The van der Waals surface area contributed by atoms with E-state index in [9.17, 15) is 0 Å². The molecule has 0 bridgehead atoms. The van der Waals surface area contributed by atoms with Crippen molar-refractivity contribution < 1.29 is 4.43 Å². The molecular weight excluding hydrogens is 204 g/mol. The Morgan fingerprint density at radius 2 is 1.43 bits per heavy atom. The van der Waals surface area contributed by atoms with Crippen LogP contribution >= 0.6 is 0 Å². The highest BCUT2D eigenvalue weighted by molar-refractivity contribution is 6.79. The molecule has 0 aliphatic heterocycles. The van der Waals surface area contributed by atoms with Gasteiger partial charge in [-0.15, -0.1) is 0 Å². The molecule has 14 heavy (non-hydrogen) atoms. The predicted octanol–water partition coefficient (Wildman–Crippen LogP) is 4.27. The van der Waals surface area contributed by atoms with Gasteiger partial charge in [0.2, 0.25) is 0 Å². The van der Waals surface area contributed by atoms with E-state index in [-0.39, 0.29) is 0 Å². The normalized spacial score (nSPS) is 16.1. The van der Waals surface area contributed by atoms with E-state index < -0.39 is 16.4 Å². The minimum atomic E-state index is -1.44. The first-order valence-electron chi connectivity index (χ1n) is 5.79. The second-order valence-electron chi connectivity index (χ2n) is 6.14. The van der Waals surface area contributed by atoms with Crippen LogP contribution in [0.5, 0.6) is 0 Å². The number of rotatable bonds is 5. The molecule has 3 heteroatoms. The van der Waals surface area contributed by atoms with Crippen LogP contribution < -0.4 is 0 Å². The van der Waals surface area contributed by atoms with Crippen LogP contribution in [0, 0.1) is 0 Å². The van der Waals surface area contributed by atoms with Crippen molar-refractivity contribution in [3.8, 4) is 0 Å². The third-order valence-electron chi connectivity index (χ3n) is 3.17. The van der Waals surface area contributed by atoms with Gasteiger partial charge in [-0.1, -0.05) is 40.4 Å². The monoisotopic (exact) mass is 232 g/mol. The molecule has 1 unspecified atom stereocenters. The highest BCUT2D eigenvalue weighted by Gasteiger charge is 2.35. The van der Waals surface area contributed by atoms with Crippen molar-refractivity contribution in [2.45, 2.75) is 71.2 Å². The zero-order valence-electron chi connectivity index (χ0n) is 11.3. The van der Waals surface area contributed by atoms with Gasteiger partial charge >= 0.3 is 0 Å². The molecule has 0 aromatic carbocycles. The molecule has 0 saturated carbocycles. The lowest BCUT2D eigenvalue weighted by molar-refractivity contribution is 0.249. The average Bonchev–Trinajstić information content (AvgIpc) is 1.97. The maximum atomic E-state index is 6.41. The fourth-order valence-electron chi connectivity index (χ4n) is 1.38. The van der Waals surface area contributed by atoms with Crippen molar-refractivity contribution in [1.82, 2.24) is 0 Å². The van der Waals surface area contributed by atoms with E-state index in [1.54, 1.807) is 0 Å². The summed E-state index contributed by atoms with van der Waals surface area (Å²) in [6.45, 7) is 18.8. The van der Waals surface area contributed by atoms with E-state index in [0.717, 1.165) is 0 Å². The summed E-state index contributed by atoms with van der Waals surface area (Å²) in [5.41, 5.74) is 1.26. The van der Waals surface area contributed by atoms with Crippen molar-refractivity contribution in [3.05, 3.63) is 0 Å². The smallest absolute Gasteiger partial charge is 0.189 e. The molecule has 0 aromatic heterocycles. The summed E-state index contributed by atoms with van der Waals surface area (Å²) in [4.78, 5) is 0. The molecule has 0 fully saturated rings. The fraction of sp³-hybridized carbons (Fsp3) is 1.00. The topological polar surface area (TPSA) is 9.23 Å². The minimum Gasteiger partial charge on any atom is -0.417 e. The molecule has 0 rings (SSSR count). The van der Waals surface area contributed by atoms with E-state index in [2.05, 4.69) is 53.5 Å². The van der Waals surface area contributed by atoms with Crippen LogP contribution in [0.1, 0.15) is 27.2 Å². The summed E-state index contributed by atoms with van der Waals surface area (Å²) in [5, 5.41) is 0. The summed E-state index contributed by atoms with van der Waals surface area (Å²) in [6, 6.07) is 0. The number of hydrogen-bond acceptors (Lipinski definition) is 1. The van der Waals surface area contributed by atoms with Crippen molar-refractivity contribution >= 4 is 16.4 Å². The Bertz CT molecular complexity index is 171. The van der Waals surface area contributed by atoms with Crippen LogP contribution in [0.15, 0.2) is 0 Å². The van der Waals surface area contributed by atoms with Gasteiger partial charge < -0.3 is 4.43 Å². The first kappa shape index (κ1) is 14.4. The van der Waals surface area contributed by atoms with Gasteiger partial charge in [-0.2, -0.15) is 0 Å². The maximum absolute atomic E-state index is 6.41. The highest BCUT2D eigenvalue weighted by atomic mass is 28.4. The molecule has 0 radical (unpaired) electrons. The largest absolute Gasteiger partial charge is 0.417 e. The lowest BCUT2D eigenvalue weighted by Gasteiger charge is -2.37. The first-order chi connectivity index (χ1) is 6.11. The summed E-state index contributed by atoms with van der Waals surface area (Å²) < 4.78 is 6.41. The van der Waals surface area contributed by atoms with Crippen LogP contribution in [-0.2, 0) is 4.43 Å². The van der Waals surface area contributed by atoms with E-state index >= 15 is 0 Å². The summed E-state index contributed by atoms with van der Waals surface area (Å²) in [7, 11) is -2.57. The SMILES string of the molecule is CCC(O[Si](C)(C)C(C)C)[Si](C)(C)C. The standard InChI is InChI=1S/C11H28OSi2/c1-9-11(13(4,5)6)12-14(7,8)10(2)3/h10-11H,9H2,1-8H3. The molecule has 0 aromatic rings. The molecule has 0 heterocycles. The fourth-order valence-corrected chi connectivity index (χ4v) is 6.10. The highest BCUT2D eigenvalue weighted by Crippen LogP contribution is 2.27. The zero-order valence-corrected chi connectivity index (χ0v) is 13.3. The van der Waals surface area contributed by atoms with Crippen molar-refractivity contribution in [3.63, 3.8) is 0 Å². The van der Waals surface area contributed by atoms with E-state index in [4.69, 9.17) is 4.43 Å². The molecule has 0 saturated heterocycles. The summed E-state index contributed by atoms with van der Waals surface area (Å²) in [5.74, 6) is 0. The predicted molar refractivity (Wildman–Crippen MR) is 71.1 cm³/mol. The minimum absolute atomic E-state index is 0.548. The van der Waals surface area contributed by atoms with E-state index in [1.807, 2.05) is 0 Å². The summed E-state index contributed by atoms with van der Waals surface area (Å²) >= 11 is 0. The Balaban J connectivity index is 4.47. The van der Waals surface area contributed by atoms with Gasteiger partial charge in [0.05, 0.1) is 8.07 Å². The van der Waals surface area contributed by atoms with Crippen LogP contribution in [0.25, 0.3) is 0 Å². The van der Waals surface area contributed by atoms with Gasteiger partial charge in [-0.05, 0) is 25.1 Å². The Labute approximate surface area is 92.4 Å². The molecule has 0 spiro atoms. The number of hydrogen-bond donors (Lipinski definition) is 0. The van der Waals surface area contributed by atoms with Crippen molar-refractivity contribution in [1.29, 1.82) is 0 Å². The third-order valence-corrected chi connectivity index (χ3v) is 9.54. The molecule has 1 nitrogen and oxygen atoms in total. The maximum Gasteiger partial charge on any atom is 0.189 e. The summed E-state index contributed by atoms with van der Waals surface area (Å²) in [6.07, 6.45) is 1.18. The molecule has 86 valence electrons.